The summed E-state index contributed by atoms with van der Waals surface area (Å²) < 4.78 is 4.42. The second kappa shape index (κ2) is 2.92. The Morgan fingerprint density at radius 2 is 2.60 bits per heavy atom. The smallest absolute Gasteiger partial charge is 0.329 e. The molecule has 10 heavy (non-hydrogen) atoms. The first-order chi connectivity index (χ1) is 4.74. The summed E-state index contributed by atoms with van der Waals surface area (Å²) in [7, 11) is 1.30. The van der Waals surface area contributed by atoms with E-state index in [-0.39, 0.29) is 11.2 Å². The lowest BCUT2D eigenvalue weighted by atomic mass is 10.3. The predicted octanol–water partition coefficient (Wildman–Crippen LogP) is -0.0156. The van der Waals surface area contributed by atoms with E-state index in [1.165, 1.54) is 7.11 Å². The summed E-state index contributed by atoms with van der Waals surface area (Å²) in [4.78, 5) is 21.2. The Balaban J connectivity index is 2.44. The highest BCUT2D eigenvalue weighted by Gasteiger charge is 2.28. The Hall–Kier alpha value is -0.710. The zero-order chi connectivity index (χ0) is 7.56. The Morgan fingerprint density at radius 3 is 3.00 bits per heavy atom. The molecule has 1 rings (SSSR count). The fraction of sp³-hybridized carbons (Fsp3) is 0.600. The number of hydrogen-bond acceptors (Lipinski definition) is 4. The van der Waals surface area contributed by atoms with Crippen LogP contribution < -0.4 is 5.32 Å². The second-order valence-corrected chi connectivity index (χ2v) is 2.81. The molecule has 0 aromatic heterocycles. The fourth-order valence-electron chi connectivity index (χ4n) is 0.654. The zero-order valence-electron chi connectivity index (χ0n) is 5.42. The summed E-state index contributed by atoms with van der Waals surface area (Å²) in [5, 5.41) is 2.30. The second-order valence-electron chi connectivity index (χ2n) is 1.82. The SMILES string of the molecule is COC(=O)[C@@H]1CSC(=O)N1. The molecule has 1 heterocycles. The number of rotatable bonds is 1. The predicted molar refractivity (Wildman–Crippen MR) is 36.8 cm³/mol. The van der Waals surface area contributed by atoms with E-state index in [1.807, 2.05) is 0 Å². The maximum Gasteiger partial charge on any atom is 0.329 e. The molecular formula is C5H7NO3S. The van der Waals surface area contributed by atoms with Crippen molar-refractivity contribution >= 4 is 23.0 Å². The third kappa shape index (κ3) is 1.41. The summed E-state index contributed by atoms with van der Waals surface area (Å²) in [6, 6.07) is -0.442. The van der Waals surface area contributed by atoms with Crippen LogP contribution >= 0.6 is 11.8 Å². The number of ether oxygens (including phenoxy) is 1. The maximum atomic E-state index is 10.7. The molecule has 0 aromatic rings. The van der Waals surface area contributed by atoms with Gasteiger partial charge in [0.25, 0.3) is 5.24 Å². The lowest BCUT2D eigenvalue weighted by molar-refractivity contribution is -0.142. The number of nitrogens with one attached hydrogen (secondary N) is 1. The van der Waals surface area contributed by atoms with Gasteiger partial charge < -0.3 is 10.1 Å². The van der Waals surface area contributed by atoms with Gasteiger partial charge in [-0.3, -0.25) is 4.79 Å². The van der Waals surface area contributed by atoms with E-state index in [2.05, 4.69) is 10.1 Å². The van der Waals surface area contributed by atoms with Crippen LogP contribution in [-0.4, -0.2) is 30.1 Å². The minimum absolute atomic E-state index is 0.157. The summed E-state index contributed by atoms with van der Waals surface area (Å²) in [6.07, 6.45) is 0. The lowest BCUT2D eigenvalue weighted by Crippen LogP contribution is -2.35. The topological polar surface area (TPSA) is 55.4 Å². The number of amides is 1. The molecular weight excluding hydrogens is 154 g/mol. The van der Waals surface area contributed by atoms with Crippen molar-refractivity contribution < 1.29 is 14.3 Å². The molecule has 56 valence electrons. The van der Waals surface area contributed by atoms with E-state index in [9.17, 15) is 9.59 Å². The average Bonchev–Trinajstić information content (AvgIpc) is 2.34. The summed E-state index contributed by atoms with van der Waals surface area (Å²) in [5.41, 5.74) is 0. The quantitative estimate of drug-likeness (QED) is 0.549. The third-order valence-electron chi connectivity index (χ3n) is 1.16. The van der Waals surface area contributed by atoms with Crippen molar-refractivity contribution in [2.45, 2.75) is 6.04 Å². The number of carbonyl (C=O) groups excluding carboxylic acids is 2. The van der Waals surface area contributed by atoms with Crippen molar-refractivity contribution in [3.8, 4) is 0 Å². The molecule has 1 atom stereocenters. The van der Waals surface area contributed by atoms with Crippen LogP contribution in [-0.2, 0) is 9.53 Å². The molecule has 1 amide bonds. The van der Waals surface area contributed by atoms with Crippen LogP contribution in [0.5, 0.6) is 0 Å². The van der Waals surface area contributed by atoms with Gasteiger partial charge in [0.05, 0.1) is 7.11 Å². The van der Waals surface area contributed by atoms with Gasteiger partial charge in [0, 0.05) is 5.75 Å². The first kappa shape index (κ1) is 7.40. The number of carbonyl (C=O) groups is 2. The zero-order valence-corrected chi connectivity index (χ0v) is 6.23. The third-order valence-corrected chi connectivity index (χ3v) is 2.04. The van der Waals surface area contributed by atoms with Crippen molar-refractivity contribution in [3.05, 3.63) is 0 Å². The van der Waals surface area contributed by atoms with E-state index in [4.69, 9.17) is 0 Å². The molecule has 5 heteroatoms. The van der Waals surface area contributed by atoms with Gasteiger partial charge in [-0.1, -0.05) is 11.8 Å². The molecule has 1 aliphatic rings. The van der Waals surface area contributed by atoms with Crippen LogP contribution in [0.1, 0.15) is 0 Å². The molecule has 0 aromatic carbocycles. The number of esters is 1. The standard InChI is InChI=1S/C5H7NO3S/c1-9-4(7)3-2-10-5(8)6-3/h3H,2H2,1H3,(H,6,8)/t3-/m0/s1. The Kier molecular flexibility index (Phi) is 2.16. The number of methoxy groups -OCH3 is 1. The normalized spacial score (nSPS) is 24.1. The average molecular weight is 161 g/mol. The van der Waals surface area contributed by atoms with Gasteiger partial charge >= 0.3 is 5.97 Å². The van der Waals surface area contributed by atoms with Gasteiger partial charge in [-0.15, -0.1) is 0 Å². The molecule has 0 aliphatic carbocycles. The van der Waals surface area contributed by atoms with Crippen LogP contribution in [0.3, 0.4) is 0 Å². The van der Waals surface area contributed by atoms with Crippen molar-refractivity contribution in [1.82, 2.24) is 5.32 Å². The minimum Gasteiger partial charge on any atom is -0.467 e. The Labute approximate surface area is 62.3 Å². The largest absolute Gasteiger partial charge is 0.467 e. The summed E-state index contributed by atoms with van der Waals surface area (Å²) in [5.74, 6) is 0.101. The molecule has 4 nitrogen and oxygen atoms in total. The van der Waals surface area contributed by atoms with E-state index in [0.29, 0.717) is 5.75 Å². The van der Waals surface area contributed by atoms with Gasteiger partial charge in [0.2, 0.25) is 0 Å². The van der Waals surface area contributed by atoms with Gasteiger partial charge in [0.1, 0.15) is 6.04 Å². The molecule has 0 radical (unpaired) electrons. The highest BCUT2D eigenvalue weighted by molar-refractivity contribution is 8.14. The highest BCUT2D eigenvalue weighted by atomic mass is 32.2. The molecule has 0 bridgehead atoms. The van der Waals surface area contributed by atoms with Crippen LogP contribution in [0.2, 0.25) is 0 Å². The van der Waals surface area contributed by atoms with Crippen LogP contribution in [0.25, 0.3) is 0 Å². The van der Waals surface area contributed by atoms with Gasteiger partial charge in [-0.05, 0) is 0 Å². The van der Waals surface area contributed by atoms with Crippen molar-refractivity contribution in [3.63, 3.8) is 0 Å². The molecule has 0 saturated carbocycles. The van der Waals surface area contributed by atoms with Crippen LogP contribution in [0.4, 0.5) is 4.79 Å². The molecule has 1 aliphatic heterocycles. The van der Waals surface area contributed by atoms with E-state index in [0.717, 1.165) is 11.8 Å². The summed E-state index contributed by atoms with van der Waals surface area (Å²) in [6.45, 7) is 0. The minimum atomic E-state index is -0.442. The molecule has 1 N–H and O–H groups in total. The van der Waals surface area contributed by atoms with Crippen LogP contribution in [0.15, 0.2) is 0 Å². The molecule has 1 fully saturated rings. The van der Waals surface area contributed by atoms with Crippen molar-refractivity contribution in [2.24, 2.45) is 0 Å². The monoisotopic (exact) mass is 161 g/mol. The highest BCUT2D eigenvalue weighted by Crippen LogP contribution is 2.13. The van der Waals surface area contributed by atoms with Crippen molar-refractivity contribution in [2.75, 3.05) is 12.9 Å². The Morgan fingerprint density at radius 1 is 1.90 bits per heavy atom. The molecule has 1 saturated heterocycles. The van der Waals surface area contributed by atoms with Gasteiger partial charge in [-0.2, -0.15) is 0 Å². The number of hydrogen-bond donors (Lipinski definition) is 1. The molecule has 0 spiro atoms. The fourth-order valence-corrected chi connectivity index (χ4v) is 1.42. The van der Waals surface area contributed by atoms with Crippen LogP contribution in [0, 0.1) is 0 Å². The van der Waals surface area contributed by atoms with Gasteiger partial charge in [-0.25, -0.2) is 4.79 Å². The van der Waals surface area contributed by atoms with Crippen molar-refractivity contribution in [1.29, 1.82) is 0 Å². The number of thioether (sulfide) groups is 1. The van der Waals surface area contributed by atoms with E-state index >= 15 is 0 Å². The maximum absolute atomic E-state index is 10.7. The van der Waals surface area contributed by atoms with Gasteiger partial charge in [0.15, 0.2) is 0 Å². The lowest BCUT2D eigenvalue weighted by Gasteiger charge is -2.03. The summed E-state index contributed by atoms with van der Waals surface area (Å²) >= 11 is 1.10. The first-order valence-electron chi connectivity index (χ1n) is 2.75. The van der Waals surface area contributed by atoms with E-state index < -0.39 is 6.04 Å². The molecule has 0 unspecified atom stereocenters. The Bertz CT molecular complexity index is 170. The first-order valence-corrected chi connectivity index (χ1v) is 3.73. The van der Waals surface area contributed by atoms with E-state index in [1.54, 1.807) is 0 Å².